The van der Waals surface area contributed by atoms with E-state index in [4.69, 9.17) is 0 Å². The van der Waals surface area contributed by atoms with E-state index in [0.717, 1.165) is 16.3 Å². The van der Waals surface area contributed by atoms with Gasteiger partial charge in [-0.1, -0.05) is 67.6 Å². The van der Waals surface area contributed by atoms with Crippen molar-refractivity contribution in [1.82, 2.24) is 10.3 Å². The highest BCUT2D eigenvalue weighted by Crippen LogP contribution is 2.23. The molecule has 0 saturated heterocycles. The number of thiazole rings is 1. The summed E-state index contributed by atoms with van der Waals surface area (Å²) in [5.41, 5.74) is 3.15. The van der Waals surface area contributed by atoms with E-state index in [1.807, 2.05) is 53.9 Å². The molecule has 2 aromatic carbocycles. The van der Waals surface area contributed by atoms with E-state index in [1.165, 1.54) is 5.56 Å². The molecule has 1 heterocycles. The third kappa shape index (κ3) is 4.30. The molecule has 0 spiro atoms. The van der Waals surface area contributed by atoms with Crippen LogP contribution in [0, 0.1) is 0 Å². The maximum atomic E-state index is 12.1. The topological polar surface area (TPSA) is 42.0 Å². The number of hydrogen-bond acceptors (Lipinski definition) is 3. The second-order valence-corrected chi connectivity index (χ2v) is 6.66. The third-order valence-electron chi connectivity index (χ3n) is 3.89. The molecule has 3 nitrogen and oxygen atoms in total. The molecule has 1 unspecified atom stereocenters. The van der Waals surface area contributed by atoms with Crippen LogP contribution in [0.15, 0.2) is 66.0 Å². The van der Waals surface area contributed by atoms with Gasteiger partial charge in [0.15, 0.2) is 0 Å². The second-order valence-electron chi connectivity index (χ2n) is 5.80. The van der Waals surface area contributed by atoms with Crippen LogP contribution in [0.5, 0.6) is 0 Å². The van der Waals surface area contributed by atoms with E-state index >= 15 is 0 Å². The highest BCUT2D eigenvalue weighted by molar-refractivity contribution is 7.13. The first-order valence-corrected chi connectivity index (χ1v) is 8.92. The van der Waals surface area contributed by atoms with Gasteiger partial charge in [0.05, 0.1) is 12.1 Å². The van der Waals surface area contributed by atoms with Crippen molar-refractivity contribution < 1.29 is 4.79 Å². The molecule has 1 atom stereocenters. The summed E-state index contributed by atoms with van der Waals surface area (Å²) in [5, 5.41) is 5.92. The zero-order valence-corrected chi connectivity index (χ0v) is 14.4. The van der Waals surface area contributed by atoms with Crippen LogP contribution in [-0.4, -0.2) is 17.4 Å². The fraction of sp³-hybridized carbons (Fsp3) is 0.200. The summed E-state index contributed by atoms with van der Waals surface area (Å²) in [6.45, 7) is 2.75. The normalized spacial score (nSPS) is 11.9. The van der Waals surface area contributed by atoms with Crippen molar-refractivity contribution in [1.29, 1.82) is 0 Å². The van der Waals surface area contributed by atoms with Crippen molar-refractivity contribution >= 4 is 17.2 Å². The van der Waals surface area contributed by atoms with Crippen LogP contribution in [0.2, 0.25) is 0 Å². The summed E-state index contributed by atoms with van der Waals surface area (Å²) < 4.78 is 0. The molecule has 0 aliphatic carbocycles. The van der Waals surface area contributed by atoms with Gasteiger partial charge in [-0.05, 0) is 11.5 Å². The van der Waals surface area contributed by atoms with E-state index in [0.29, 0.717) is 18.9 Å². The number of nitrogens with zero attached hydrogens (tertiary/aromatic N) is 1. The molecule has 1 N–H and O–H groups in total. The van der Waals surface area contributed by atoms with Gasteiger partial charge in [0.25, 0.3) is 0 Å². The fourth-order valence-electron chi connectivity index (χ4n) is 2.49. The molecule has 1 amide bonds. The van der Waals surface area contributed by atoms with Crippen molar-refractivity contribution in [2.75, 3.05) is 6.54 Å². The molecule has 1 aromatic heterocycles. The molecule has 4 heteroatoms. The Hall–Kier alpha value is -2.46. The highest BCUT2D eigenvalue weighted by Gasteiger charge is 2.11. The lowest BCUT2D eigenvalue weighted by Crippen LogP contribution is -2.28. The van der Waals surface area contributed by atoms with Crippen molar-refractivity contribution in [3.63, 3.8) is 0 Å². The lowest BCUT2D eigenvalue weighted by Gasteiger charge is -2.12. The molecule has 0 bridgehead atoms. The van der Waals surface area contributed by atoms with Gasteiger partial charge in [-0.15, -0.1) is 11.3 Å². The minimum absolute atomic E-state index is 0.0164. The summed E-state index contributed by atoms with van der Waals surface area (Å²) in [6.07, 6.45) is 0.324. The number of carbonyl (C=O) groups excluding carboxylic acids is 1. The number of rotatable bonds is 6. The summed E-state index contributed by atoms with van der Waals surface area (Å²) in [5.74, 6) is 0.313. The average molecular weight is 336 g/mol. The molecule has 3 rings (SSSR count). The Morgan fingerprint density at radius 2 is 1.75 bits per heavy atom. The molecule has 0 fully saturated rings. The molecule has 3 aromatic rings. The molecule has 24 heavy (non-hydrogen) atoms. The SMILES string of the molecule is CC(CNC(=O)Cc1csc(-c2ccccc2)n1)c1ccccc1. The quantitative estimate of drug-likeness (QED) is 0.730. The summed E-state index contributed by atoms with van der Waals surface area (Å²) >= 11 is 1.57. The van der Waals surface area contributed by atoms with Crippen molar-refractivity contribution in [2.45, 2.75) is 19.3 Å². The van der Waals surface area contributed by atoms with Crippen LogP contribution >= 0.6 is 11.3 Å². The van der Waals surface area contributed by atoms with Gasteiger partial charge in [0, 0.05) is 17.5 Å². The van der Waals surface area contributed by atoms with Gasteiger partial charge in [0.1, 0.15) is 5.01 Å². The smallest absolute Gasteiger partial charge is 0.226 e. The van der Waals surface area contributed by atoms with E-state index in [2.05, 4.69) is 29.4 Å². The zero-order valence-electron chi connectivity index (χ0n) is 13.6. The Morgan fingerprint density at radius 1 is 1.08 bits per heavy atom. The maximum Gasteiger partial charge on any atom is 0.226 e. The van der Waals surface area contributed by atoms with Crippen molar-refractivity contribution in [2.24, 2.45) is 0 Å². The van der Waals surface area contributed by atoms with E-state index in [-0.39, 0.29) is 5.91 Å². The monoisotopic (exact) mass is 336 g/mol. The number of amides is 1. The molecule has 0 aliphatic rings. The molecule has 0 aliphatic heterocycles. The van der Waals surface area contributed by atoms with Crippen LogP contribution in [0.1, 0.15) is 24.1 Å². The fourth-order valence-corrected chi connectivity index (χ4v) is 3.32. The number of hydrogen-bond donors (Lipinski definition) is 1. The van der Waals surface area contributed by atoms with Gasteiger partial charge in [-0.25, -0.2) is 4.98 Å². The predicted molar refractivity (Wildman–Crippen MR) is 99.1 cm³/mol. The molecule has 0 saturated carbocycles. The first-order valence-electron chi connectivity index (χ1n) is 8.04. The van der Waals surface area contributed by atoms with Gasteiger partial charge >= 0.3 is 0 Å². The molecular formula is C20H20N2OS. The highest BCUT2D eigenvalue weighted by atomic mass is 32.1. The number of aromatic nitrogens is 1. The van der Waals surface area contributed by atoms with Crippen molar-refractivity contribution in [3.05, 3.63) is 77.3 Å². The predicted octanol–water partition coefficient (Wildman–Crippen LogP) is 4.27. The number of benzene rings is 2. The molecule has 122 valence electrons. The standard InChI is InChI=1S/C20H20N2OS/c1-15(16-8-4-2-5-9-16)13-21-19(23)12-18-14-24-20(22-18)17-10-6-3-7-11-17/h2-11,14-15H,12-13H2,1H3,(H,21,23). The number of nitrogens with one attached hydrogen (secondary N) is 1. The van der Waals surface area contributed by atoms with Crippen LogP contribution < -0.4 is 5.32 Å². The van der Waals surface area contributed by atoms with E-state index in [1.54, 1.807) is 11.3 Å². The lowest BCUT2D eigenvalue weighted by atomic mass is 10.0. The molecular weight excluding hydrogens is 316 g/mol. The minimum Gasteiger partial charge on any atom is -0.355 e. The van der Waals surface area contributed by atoms with Crippen LogP contribution in [0.25, 0.3) is 10.6 Å². The van der Waals surface area contributed by atoms with Gasteiger partial charge in [-0.2, -0.15) is 0 Å². The molecule has 0 radical (unpaired) electrons. The van der Waals surface area contributed by atoms with E-state index in [9.17, 15) is 4.79 Å². The largest absolute Gasteiger partial charge is 0.355 e. The zero-order chi connectivity index (χ0) is 16.8. The van der Waals surface area contributed by atoms with Gasteiger partial charge < -0.3 is 5.32 Å². The summed E-state index contributed by atoms with van der Waals surface area (Å²) in [6, 6.07) is 20.3. The Morgan fingerprint density at radius 3 is 2.46 bits per heavy atom. The minimum atomic E-state index is 0.0164. The van der Waals surface area contributed by atoms with Crippen LogP contribution in [0.4, 0.5) is 0 Å². The van der Waals surface area contributed by atoms with Crippen LogP contribution in [0.3, 0.4) is 0 Å². The van der Waals surface area contributed by atoms with Crippen molar-refractivity contribution in [3.8, 4) is 10.6 Å². The van der Waals surface area contributed by atoms with Crippen LogP contribution in [-0.2, 0) is 11.2 Å². The maximum absolute atomic E-state index is 12.1. The Kier molecular flexibility index (Phi) is 5.39. The summed E-state index contributed by atoms with van der Waals surface area (Å²) in [7, 11) is 0. The lowest BCUT2D eigenvalue weighted by molar-refractivity contribution is -0.120. The summed E-state index contributed by atoms with van der Waals surface area (Å²) in [4.78, 5) is 16.7. The number of carbonyl (C=O) groups is 1. The Bertz CT molecular complexity index is 784. The average Bonchev–Trinajstić information content (AvgIpc) is 3.09. The first kappa shape index (κ1) is 16.4. The van der Waals surface area contributed by atoms with Gasteiger partial charge in [0.2, 0.25) is 5.91 Å². The first-order chi connectivity index (χ1) is 11.7. The Balaban J connectivity index is 1.53. The van der Waals surface area contributed by atoms with E-state index < -0.39 is 0 Å². The third-order valence-corrected chi connectivity index (χ3v) is 4.83. The van der Waals surface area contributed by atoms with Gasteiger partial charge in [-0.3, -0.25) is 4.79 Å². The Labute approximate surface area is 146 Å². The second kappa shape index (κ2) is 7.88.